The summed E-state index contributed by atoms with van der Waals surface area (Å²) in [6.07, 6.45) is 3.54. The van der Waals surface area contributed by atoms with Gasteiger partial charge in [0, 0.05) is 24.3 Å². The van der Waals surface area contributed by atoms with Crippen LogP contribution in [0, 0.1) is 3.95 Å². The molecule has 100 valence electrons. The zero-order valence-electron chi connectivity index (χ0n) is 10.5. The van der Waals surface area contributed by atoms with Gasteiger partial charge in [-0.3, -0.25) is 9.79 Å². The van der Waals surface area contributed by atoms with Gasteiger partial charge in [0.15, 0.2) is 3.95 Å². The van der Waals surface area contributed by atoms with Gasteiger partial charge in [0.1, 0.15) is 0 Å². The van der Waals surface area contributed by atoms with E-state index in [9.17, 15) is 9.90 Å². The molecule has 6 heteroatoms. The van der Waals surface area contributed by atoms with Crippen molar-refractivity contribution in [1.29, 1.82) is 0 Å². The first kappa shape index (κ1) is 13.0. The highest BCUT2D eigenvalue weighted by atomic mass is 32.1. The number of aromatic hydroxyl groups is 1. The summed E-state index contributed by atoms with van der Waals surface area (Å²) in [6, 6.07) is 7.75. The number of hydrogen-bond acceptors (Lipinski definition) is 5. The van der Waals surface area contributed by atoms with Crippen molar-refractivity contribution < 1.29 is 9.90 Å². The maximum atomic E-state index is 11.4. The molecule has 0 fully saturated rings. The molecule has 0 amide bonds. The number of nitrogens with zero attached hydrogens (tertiary/aromatic N) is 2. The SMILES string of the molecule is CC(=O)n1c(O)c(/C=C2\C=Nc3ccccc32)sc1=S. The number of allylic oxidation sites excluding steroid dienone is 1. The molecule has 3 rings (SSSR count). The lowest BCUT2D eigenvalue weighted by Crippen LogP contribution is -2.03. The molecule has 1 N–H and O–H groups in total. The Kier molecular flexibility index (Phi) is 3.11. The second kappa shape index (κ2) is 4.81. The molecule has 0 aliphatic carbocycles. The lowest BCUT2D eigenvalue weighted by atomic mass is 10.1. The van der Waals surface area contributed by atoms with Crippen LogP contribution in [0.3, 0.4) is 0 Å². The number of para-hydroxylation sites is 1. The fourth-order valence-corrected chi connectivity index (χ4v) is 3.40. The molecule has 2 heterocycles. The summed E-state index contributed by atoms with van der Waals surface area (Å²) >= 11 is 6.29. The first-order chi connectivity index (χ1) is 9.58. The minimum Gasteiger partial charge on any atom is -0.493 e. The van der Waals surface area contributed by atoms with E-state index < -0.39 is 0 Å². The monoisotopic (exact) mass is 302 g/mol. The van der Waals surface area contributed by atoms with Crippen LogP contribution < -0.4 is 0 Å². The molecule has 0 saturated carbocycles. The number of aliphatic imine (C=N–C) groups is 1. The van der Waals surface area contributed by atoms with E-state index in [0.717, 1.165) is 21.4 Å². The average molecular weight is 302 g/mol. The van der Waals surface area contributed by atoms with E-state index in [1.165, 1.54) is 18.3 Å². The summed E-state index contributed by atoms with van der Waals surface area (Å²) in [6.45, 7) is 1.37. The Labute approximate surface area is 124 Å². The van der Waals surface area contributed by atoms with Crippen molar-refractivity contribution in [2.45, 2.75) is 6.92 Å². The van der Waals surface area contributed by atoms with E-state index in [1.807, 2.05) is 24.3 Å². The maximum absolute atomic E-state index is 11.4. The van der Waals surface area contributed by atoms with Gasteiger partial charge in [0.05, 0.1) is 10.6 Å². The Morgan fingerprint density at radius 3 is 2.90 bits per heavy atom. The van der Waals surface area contributed by atoms with E-state index in [2.05, 4.69) is 4.99 Å². The van der Waals surface area contributed by atoms with E-state index >= 15 is 0 Å². The molecule has 1 aromatic heterocycles. The minimum absolute atomic E-state index is 0.113. The molecule has 1 aromatic carbocycles. The van der Waals surface area contributed by atoms with Crippen molar-refractivity contribution >= 4 is 53.0 Å². The van der Waals surface area contributed by atoms with Crippen molar-refractivity contribution in [3.8, 4) is 5.88 Å². The number of fused-ring (bicyclic) bond motifs is 1. The van der Waals surface area contributed by atoms with Gasteiger partial charge in [0.2, 0.25) is 11.8 Å². The summed E-state index contributed by atoms with van der Waals surface area (Å²) < 4.78 is 1.47. The lowest BCUT2D eigenvalue weighted by Gasteiger charge is -1.99. The van der Waals surface area contributed by atoms with Crippen LogP contribution >= 0.6 is 23.6 Å². The van der Waals surface area contributed by atoms with Gasteiger partial charge < -0.3 is 5.11 Å². The zero-order chi connectivity index (χ0) is 14.3. The summed E-state index contributed by atoms with van der Waals surface area (Å²) in [5, 5.41) is 10.1. The molecule has 0 radical (unpaired) electrons. The minimum atomic E-state index is -0.297. The van der Waals surface area contributed by atoms with Crippen LogP contribution in [0.4, 0.5) is 5.69 Å². The topological polar surface area (TPSA) is 54.6 Å². The van der Waals surface area contributed by atoms with Gasteiger partial charge in [0.25, 0.3) is 0 Å². The third kappa shape index (κ3) is 2.03. The maximum Gasteiger partial charge on any atom is 0.232 e. The van der Waals surface area contributed by atoms with Gasteiger partial charge >= 0.3 is 0 Å². The Balaban J connectivity index is 2.12. The van der Waals surface area contributed by atoms with Gasteiger partial charge in [-0.1, -0.05) is 18.2 Å². The molecule has 2 aromatic rings. The Morgan fingerprint density at radius 2 is 2.20 bits per heavy atom. The molecule has 20 heavy (non-hydrogen) atoms. The van der Waals surface area contributed by atoms with Crippen LogP contribution in [0.2, 0.25) is 0 Å². The largest absolute Gasteiger partial charge is 0.493 e. The van der Waals surface area contributed by atoms with Gasteiger partial charge in [-0.25, -0.2) is 4.57 Å². The van der Waals surface area contributed by atoms with E-state index in [-0.39, 0.29) is 11.8 Å². The van der Waals surface area contributed by atoms with Crippen LogP contribution in [0.25, 0.3) is 11.6 Å². The first-order valence-electron chi connectivity index (χ1n) is 5.89. The third-order valence-electron chi connectivity index (χ3n) is 2.97. The Bertz CT molecular complexity index is 828. The normalized spacial score (nSPS) is 14.8. The smallest absolute Gasteiger partial charge is 0.232 e. The van der Waals surface area contributed by atoms with E-state index in [4.69, 9.17) is 12.2 Å². The fraction of sp³-hybridized carbons (Fsp3) is 0.0714. The highest BCUT2D eigenvalue weighted by Crippen LogP contribution is 2.35. The van der Waals surface area contributed by atoms with Crippen LogP contribution in [0.5, 0.6) is 5.88 Å². The van der Waals surface area contributed by atoms with E-state index in [0.29, 0.717) is 8.83 Å². The molecule has 0 atom stereocenters. The van der Waals surface area contributed by atoms with Crippen LogP contribution in [0.1, 0.15) is 22.2 Å². The summed E-state index contributed by atoms with van der Waals surface area (Å²) in [4.78, 5) is 16.3. The zero-order valence-corrected chi connectivity index (χ0v) is 12.2. The van der Waals surface area contributed by atoms with Gasteiger partial charge in [-0.05, 0) is 24.4 Å². The van der Waals surface area contributed by atoms with Gasteiger partial charge in [-0.2, -0.15) is 0 Å². The number of carbonyl (C=O) groups excluding carboxylic acids is 1. The van der Waals surface area contributed by atoms with Crippen molar-refractivity contribution in [1.82, 2.24) is 4.57 Å². The third-order valence-corrected chi connectivity index (χ3v) is 4.28. The highest BCUT2D eigenvalue weighted by Gasteiger charge is 2.16. The number of benzene rings is 1. The van der Waals surface area contributed by atoms with Crippen molar-refractivity contribution in [3.63, 3.8) is 0 Å². The molecule has 1 aliphatic heterocycles. The van der Waals surface area contributed by atoms with Crippen molar-refractivity contribution in [2.75, 3.05) is 0 Å². The standard InChI is InChI=1S/C14H10N2O2S2/c1-8(17)16-13(18)12(20-14(16)19)6-9-7-15-11-5-3-2-4-10(9)11/h2-7,18H,1H3/b9-6+. The predicted molar refractivity (Wildman–Crippen MR) is 83.6 cm³/mol. The molecular formula is C14H10N2O2S2. The molecule has 0 unspecified atom stereocenters. The second-order valence-corrected chi connectivity index (χ2v) is 5.96. The molecular weight excluding hydrogens is 292 g/mol. The number of carbonyl (C=O) groups is 1. The quantitative estimate of drug-likeness (QED) is 0.813. The Hall–Kier alpha value is -2.05. The predicted octanol–water partition coefficient (Wildman–Crippen LogP) is 3.90. The second-order valence-electron chi connectivity index (χ2n) is 4.29. The molecule has 4 nitrogen and oxygen atoms in total. The van der Waals surface area contributed by atoms with Crippen LogP contribution in [-0.2, 0) is 0 Å². The fourth-order valence-electron chi connectivity index (χ4n) is 2.05. The number of rotatable bonds is 1. The number of hydrogen-bond donors (Lipinski definition) is 1. The number of aromatic nitrogens is 1. The lowest BCUT2D eigenvalue weighted by molar-refractivity contribution is 0.0927. The summed E-state index contributed by atoms with van der Waals surface area (Å²) in [5.74, 6) is -0.410. The van der Waals surface area contributed by atoms with Crippen LogP contribution in [0.15, 0.2) is 29.3 Å². The van der Waals surface area contributed by atoms with Gasteiger partial charge in [-0.15, -0.1) is 11.3 Å². The molecule has 0 bridgehead atoms. The molecule has 0 saturated heterocycles. The van der Waals surface area contributed by atoms with Crippen molar-refractivity contribution in [2.24, 2.45) is 4.99 Å². The summed E-state index contributed by atoms with van der Waals surface area (Å²) in [7, 11) is 0. The number of thiazole rings is 1. The molecule has 0 spiro atoms. The Morgan fingerprint density at radius 1 is 1.45 bits per heavy atom. The molecule has 1 aliphatic rings. The van der Waals surface area contributed by atoms with E-state index in [1.54, 1.807) is 12.3 Å². The van der Waals surface area contributed by atoms with Crippen molar-refractivity contribution in [3.05, 3.63) is 38.7 Å². The average Bonchev–Trinajstić information content (AvgIpc) is 2.93. The first-order valence-corrected chi connectivity index (χ1v) is 7.11. The highest BCUT2D eigenvalue weighted by molar-refractivity contribution is 7.73. The summed E-state index contributed by atoms with van der Waals surface area (Å²) in [5.41, 5.74) is 2.79. The van der Waals surface area contributed by atoms with Crippen LogP contribution in [-0.4, -0.2) is 21.8 Å².